The number of para-hydroxylation sites is 1. The average Bonchev–Trinajstić information content (AvgIpc) is 1.71. The van der Waals surface area contributed by atoms with Gasteiger partial charge in [0.05, 0.1) is 11.6 Å². The molecule has 0 spiro atoms. The topological polar surface area (TPSA) is 8.17 Å². The van der Waals surface area contributed by atoms with Crippen molar-refractivity contribution >= 4 is 40.0 Å². The number of rotatable bonds is 8. The smallest absolute Gasteiger partial charge is 0.0629 e. The Morgan fingerprint density at radius 2 is 1.32 bits per heavy atom. The predicted molar refractivity (Wildman–Crippen MR) is 383 cm³/mol. The fourth-order valence-corrected chi connectivity index (χ4v) is 11.1. The van der Waals surface area contributed by atoms with Crippen LogP contribution < -0.4 is 15.5 Å². The predicted octanol–water partition coefficient (Wildman–Crippen LogP) is 23.1. The van der Waals surface area contributed by atoms with Crippen LogP contribution in [0.1, 0.15) is 209 Å². The van der Waals surface area contributed by atoms with Gasteiger partial charge in [0, 0.05) is 44.5 Å². The highest BCUT2D eigenvalue weighted by Gasteiger charge is 2.40. The summed E-state index contributed by atoms with van der Waals surface area (Å²) in [7, 11) is 0. The lowest BCUT2D eigenvalue weighted by atomic mass is 9.77. The van der Waals surface area contributed by atoms with Crippen LogP contribution >= 0.6 is 0 Å². The molecule has 0 fully saturated rings. The van der Waals surface area contributed by atoms with Gasteiger partial charge in [-0.25, -0.2) is 0 Å². The van der Waals surface area contributed by atoms with Gasteiger partial charge in [0.1, 0.15) is 0 Å². The summed E-state index contributed by atoms with van der Waals surface area (Å²) in [5.41, 5.74) is 22.3. The molecule has 2 heteroatoms. The molecule has 3 unspecified atom stereocenters. The van der Waals surface area contributed by atoms with Crippen LogP contribution in [0.3, 0.4) is 0 Å². The Morgan fingerprint density at radius 1 is 0.718 bits per heavy atom. The van der Waals surface area contributed by atoms with Crippen molar-refractivity contribution in [3.05, 3.63) is 213 Å². The first-order chi connectivity index (χ1) is 39.9. The van der Waals surface area contributed by atoms with E-state index in [9.17, 15) is 0 Å². The third-order valence-corrected chi connectivity index (χ3v) is 16.2. The highest BCUT2D eigenvalue weighted by Crippen LogP contribution is 2.51. The van der Waals surface area contributed by atoms with Crippen LogP contribution in [0, 0.1) is 68.1 Å². The molecule has 2 heterocycles. The van der Waals surface area contributed by atoms with Crippen LogP contribution in [-0.4, -0.2) is 10.6 Å². The molecule has 0 saturated carbocycles. The van der Waals surface area contributed by atoms with Crippen molar-refractivity contribution < 1.29 is 0 Å². The van der Waals surface area contributed by atoms with Gasteiger partial charge in [-0.15, -0.1) is 13.0 Å². The van der Waals surface area contributed by atoms with Crippen molar-refractivity contribution in [2.45, 2.75) is 203 Å². The van der Waals surface area contributed by atoms with Gasteiger partial charge in [-0.2, -0.15) is 0 Å². The van der Waals surface area contributed by atoms with Crippen LogP contribution in [0.4, 0.5) is 11.4 Å². The van der Waals surface area contributed by atoms with Crippen molar-refractivity contribution in [1.82, 2.24) is 4.57 Å². The van der Waals surface area contributed by atoms with Crippen LogP contribution in [0.2, 0.25) is 0 Å². The summed E-state index contributed by atoms with van der Waals surface area (Å²) >= 11 is 0. The molecular formula is C83H112N2. The molecule has 454 valence electrons. The Hall–Kier alpha value is -6.82. The van der Waals surface area contributed by atoms with Crippen molar-refractivity contribution in [1.29, 1.82) is 0 Å². The highest BCUT2D eigenvalue weighted by atomic mass is 15.2. The minimum Gasteiger partial charge on any atom is -0.333 e. The molecule has 0 radical (unpaired) electrons. The van der Waals surface area contributed by atoms with Gasteiger partial charge in [0.15, 0.2) is 0 Å². The maximum atomic E-state index is 5.91. The standard InChI is InChI=1S/C36H39N.C32H37N.C6H12.C5H12.2C2H6/c1-10-25-13-11-12-14-28(25)29-19-23(2)20-34(24(29)3)37-32-17-15-26(35(4,5)6)21-30(32)31-22-27(36(7,8)9)16-18-33(31)37;1-9-13-25(22(4)10-2)27-18-21(3)19-31(23(27)5)33-29-15-12-11-14-26(29)28-20-24(32(6,7)8)16-17-30(28)33;1-4-6(3)5-2;1-5(2,3)4;2*1-2/h1,11-15,17-22,27H,16H2,2-9H3;9-20,28,30H,2H2,1,3-8H3;4,6H,1,5H2,2-3H3;1-4H3;2*1-2H3/b;13-9-,25-22+;;;;/t;;6-;;;/m..1.../s1. The van der Waals surface area contributed by atoms with Crippen molar-refractivity contribution in [3.8, 4) is 29.2 Å². The number of aromatic nitrogens is 1. The first-order valence-electron chi connectivity index (χ1n) is 31.9. The van der Waals surface area contributed by atoms with Crippen molar-refractivity contribution in [2.75, 3.05) is 4.90 Å². The van der Waals surface area contributed by atoms with Crippen molar-refractivity contribution in [3.63, 3.8) is 0 Å². The number of benzene rings is 5. The van der Waals surface area contributed by atoms with E-state index >= 15 is 0 Å². The SMILES string of the molecule is C#Cc1ccccc1-c1cc(C)cc(-n2c3c(c4cc(C(C)(C)C)ccc42)=CC(C(C)(C)C)CC=3)c1C.C=C/C(C)=C(\C=C/C)c1cc(C)cc(N2c3ccccc3C3C=C(C(C)(C)C)C=CC32)c1C.C=C[C@@H](C)CC.CC.CC.CC(C)(C)C. The van der Waals surface area contributed by atoms with E-state index in [0.717, 1.165) is 17.5 Å². The van der Waals surface area contributed by atoms with E-state index in [0.29, 0.717) is 23.2 Å². The molecule has 2 nitrogen and oxygen atoms in total. The van der Waals surface area contributed by atoms with E-state index in [1.54, 1.807) is 0 Å². The van der Waals surface area contributed by atoms with Gasteiger partial charge in [-0.3, -0.25) is 0 Å². The molecule has 0 bridgehead atoms. The van der Waals surface area contributed by atoms with Crippen LogP contribution in [0.25, 0.3) is 45.4 Å². The molecule has 0 saturated heterocycles. The molecule has 2 aliphatic carbocycles. The molecule has 9 rings (SSSR count). The lowest BCUT2D eigenvalue weighted by Gasteiger charge is -2.33. The molecule has 5 aromatic carbocycles. The van der Waals surface area contributed by atoms with Gasteiger partial charge in [-0.05, 0) is 185 Å². The summed E-state index contributed by atoms with van der Waals surface area (Å²) in [6.07, 6.45) is 28.7. The molecule has 1 aromatic heterocycles. The summed E-state index contributed by atoms with van der Waals surface area (Å²) in [5, 5.41) is 4.03. The van der Waals surface area contributed by atoms with Crippen LogP contribution in [0.15, 0.2) is 158 Å². The average molecular weight is 1140 g/mol. The zero-order valence-corrected chi connectivity index (χ0v) is 58.0. The molecule has 85 heavy (non-hydrogen) atoms. The molecule has 0 N–H and O–H groups in total. The van der Waals surface area contributed by atoms with Gasteiger partial charge < -0.3 is 9.47 Å². The normalized spacial score (nSPS) is 16.5. The lowest BCUT2D eigenvalue weighted by Crippen LogP contribution is -2.35. The molecular weight excluding hydrogens is 1020 g/mol. The Balaban J connectivity index is 0.000000296. The number of fused-ring (bicyclic) bond motifs is 6. The van der Waals surface area contributed by atoms with Gasteiger partial charge in [-0.1, -0.05) is 260 Å². The number of nitrogens with zero attached hydrogens (tertiary/aromatic N) is 2. The van der Waals surface area contributed by atoms with Gasteiger partial charge in [0.2, 0.25) is 0 Å². The summed E-state index contributed by atoms with van der Waals surface area (Å²) in [6.45, 7) is 62.7. The Kier molecular flexibility index (Phi) is 24.9. The van der Waals surface area contributed by atoms with E-state index in [-0.39, 0.29) is 22.3 Å². The summed E-state index contributed by atoms with van der Waals surface area (Å²) in [6, 6.07) is 33.8. The number of hydrogen-bond acceptors (Lipinski definition) is 1. The third-order valence-electron chi connectivity index (χ3n) is 16.2. The second kappa shape index (κ2) is 30.0. The summed E-state index contributed by atoms with van der Waals surface area (Å²) in [4.78, 5) is 2.56. The fourth-order valence-electron chi connectivity index (χ4n) is 11.1. The monoisotopic (exact) mass is 1140 g/mol. The van der Waals surface area contributed by atoms with Gasteiger partial charge in [0.25, 0.3) is 0 Å². The Labute approximate surface area is 520 Å². The largest absolute Gasteiger partial charge is 0.333 e. The number of anilines is 2. The number of terminal acetylenes is 1. The Bertz CT molecular complexity index is 3570. The van der Waals surface area contributed by atoms with E-state index in [2.05, 4.69) is 295 Å². The maximum absolute atomic E-state index is 5.91. The van der Waals surface area contributed by atoms with E-state index in [4.69, 9.17) is 6.42 Å². The number of hydrogen-bond donors (Lipinski definition) is 0. The summed E-state index contributed by atoms with van der Waals surface area (Å²) in [5.74, 6) is 4.47. The molecule has 4 atom stereocenters. The van der Waals surface area contributed by atoms with E-state index < -0.39 is 0 Å². The zero-order chi connectivity index (χ0) is 64.1. The molecule has 6 aromatic rings. The quantitative estimate of drug-likeness (QED) is 0.0838. The minimum atomic E-state index is 0.0936. The van der Waals surface area contributed by atoms with Crippen molar-refractivity contribution in [2.24, 2.45) is 28.1 Å². The van der Waals surface area contributed by atoms with E-state index in [1.165, 1.54) is 106 Å². The Morgan fingerprint density at radius 3 is 1.87 bits per heavy atom. The maximum Gasteiger partial charge on any atom is 0.0629 e. The van der Waals surface area contributed by atoms with Crippen LogP contribution in [-0.2, 0) is 5.41 Å². The fraction of sp³-hybridized carbons (Fsp3) is 0.422. The number of allylic oxidation sites excluding steroid dienone is 8. The highest BCUT2D eigenvalue weighted by molar-refractivity contribution is 5.88. The minimum absolute atomic E-state index is 0.0936. The van der Waals surface area contributed by atoms with Gasteiger partial charge >= 0.3 is 0 Å². The summed E-state index contributed by atoms with van der Waals surface area (Å²) < 4.78 is 2.50. The zero-order valence-electron chi connectivity index (χ0n) is 58.0. The molecule has 3 aliphatic rings. The number of aryl methyl sites for hydroxylation is 2. The lowest BCUT2D eigenvalue weighted by molar-refractivity contribution is 0.314. The third kappa shape index (κ3) is 17.2. The first-order valence-corrected chi connectivity index (χ1v) is 31.9. The van der Waals surface area contributed by atoms with Crippen LogP contribution in [0.5, 0.6) is 0 Å². The molecule has 1 aliphatic heterocycles. The second-order valence-corrected chi connectivity index (χ2v) is 27.9. The van der Waals surface area contributed by atoms with E-state index in [1.807, 2.05) is 52.0 Å². The second-order valence-electron chi connectivity index (χ2n) is 27.9. The molecule has 0 amide bonds. The first kappa shape index (κ1) is 70.7.